The van der Waals surface area contributed by atoms with E-state index in [1.807, 2.05) is 26.0 Å². The van der Waals surface area contributed by atoms with Gasteiger partial charge in [-0.05, 0) is 59.7 Å². The highest BCUT2D eigenvalue weighted by Gasteiger charge is 2.13. The SMILES string of the molecule is Cc1sc2[nH]c(=S)n(Cc3ccc(Br)s3)c(=O)c2c1C. The highest BCUT2D eigenvalue weighted by molar-refractivity contribution is 9.11. The van der Waals surface area contributed by atoms with Crippen molar-refractivity contribution in [3.8, 4) is 0 Å². The molecule has 3 aromatic rings. The van der Waals surface area contributed by atoms with Crippen molar-refractivity contribution in [3.63, 3.8) is 0 Å². The maximum Gasteiger partial charge on any atom is 0.263 e. The van der Waals surface area contributed by atoms with Crippen molar-refractivity contribution in [2.45, 2.75) is 20.4 Å². The van der Waals surface area contributed by atoms with Gasteiger partial charge in [-0.15, -0.1) is 22.7 Å². The van der Waals surface area contributed by atoms with Crippen LogP contribution in [-0.4, -0.2) is 9.55 Å². The molecule has 0 spiro atoms. The molecule has 0 saturated carbocycles. The van der Waals surface area contributed by atoms with Gasteiger partial charge in [0.25, 0.3) is 5.56 Å². The van der Waals surface area contributed by atoms with Crippen LogP contribution >= 0.6 is 50.8 Å². The molecule has 1 N–H and O–H groups in total. The normalized spacial score (nSPS) is 11.3. The second kappa shape index (κ2) is 5.22. The molecule has 3 heterocycles. The Morgan fingerprint density at radius 2 is 2.10 bits per heavy atom. The number of nitrogens with zero attached hydrogens (tertiary/aromatic N) is 1. The Labute approximate surface area is 137 Å². The predicted octanol–water partition coefficient (Wildman–Crippen LogP) is 4.61. The van der Waals surface area contributed by atoms with Crippen molar-refractivity contribution in [2.75, 3.05) is 0 Å². The maximum atomic E-state index is 12.7. The van der Waals surface area contributed by atoms with Gasteiger partial charge < -0.3 is 4.98 Å². The van der Waals surface area contributed by atoms with E-state index >= 15 is 0 Å². The summed E-state index contributed by atoms with van der Waals surface area (Å²) < 4.78 is 3.17. The molecule has 0 aliphatic carbocycles. The number of thiophene rings is 2. The van der Waals surface area contributed by atoms with Gasteiger partial charge in [0, 0.05) is 9.75 Å². The van der Waals surface area contributed by atoms with E-state index in [9.17, 15) is 4.79 Å². The zero-order valence-corrected chi connectivity index (χ0v) is 14.9. The Morgan fingerprint density at radius 1 is 1.35 bits per heavy atom. The summed E-state index contributed by atoms with van der Waals surface area (Å²) in [6.45, 7) is 4.52. The van der Waals surface area contributed by atoms with Crippen LogP contribution in [0, 0.1) is 18.6 Å². The summed E-state index contributed by atoms with van der Waals surface area (Å²) in [5.74, 6) is 0. The predicted molar refractivity (Wildman–Crippen MR) is 91.9 cm³/mol. The van der Waals surface area contributed by atoms with Crippen LogP contribution in [0.1, 0.15) is 15.3 Å². The molecule has 20 heavy (non-hydrogen) atoms. The summed E-state index contributed by atoms with van der Waals surface area (Å²) >= 11 is 12.0. The molecule has 104 valence electrons. The van der Waals surface area contributed by atoms with Gasteiger partial charge in [-0.1, -0.05) is 0 Å². The number of aromatic amines is 1. The van der Waals surface area contributed by atoms with Crippen LogP contribution in [0.2, 0.25) is 0 Å². The number of rotatable bonds is 2. The van der Waals surface area contributed by atoms with Crippen molar-refractivity contribution in [3.05, 3.63) is 46.4 Å². The smallest absolute Gasteiger partial charge is 0.263 e. The van der Waals surface area contributed by atoms with Crippen LogP contribution in [0.3, 0.4) is 0 Å². The summed E-state index contributed by atoms with van der Waals surface area (Å²) in [6.07, 6.45) is 0. The number of fused-ring (bicyclic) bond motifs is 1. The van der Waals surface area contributed by atoms with Gasteiger partial charge in [0.2, 0.25) is 0 Å². The molecule has 3 aromatic heterocycles. The molecule has 0 aliphatic heterocycles. The fraction of sp³-hybridized carbons (Fsp3) is 0.231. The summed E-state index contributed by atoms with van der Waals surface area (Å²) in [4.78, 5) is 19.0. The minimum absolute atomic E-state index is 0.00452. The number of aryl methyl sites for hydroxylation is 2. The minimum Gasteiger partial charge on any atom is -0.323 e. The van der Waals surface area contributed by atoms with Gasteiger partial charge in [-0.3, -0.25) is 9.36 Å². The number of hydrogen-bond donors (Lipinski definition) is 1. The van der Waals surface area contributed by atoms with Gasteiger partial charge in [0.15, 0.2) is 4.77 Å². The highest BCUT2D eigenvalue weighted by Crippen LogP contribution is 2.26. The molecule has 0 bridgehead atoms. The Morgan fingerprint density at radius 3 is 2.75 bits per heavy atom. The number of H-pyrrole nitrogens is 1. The number of hydrogen-bond acceptors (Lipinski definition) is 4. The lowest BCUT2D eigenvalue weighted by molar-refractivity contribution is 0.744. The Bertz CT molecular complexity index is 916. The highest BCUT2D eigenvalue weighted by atomic mass is 79.9. The summed E-state index contributed by atoms with van der Waals surface area (Å²) in [5, 5.41) is 0.761. The minimum atomic E-state index is -0.00452. The number of nitrogens with one attached hydrogen (secondary N) is 1. The van der Waals surface area contributed by atoms with E-state index < -0.39 is 0 Å². The molecular weight excluding hydrogens is 376 g/mol. The molecule has 3 rings (SSSR count). The van der Waals surface area contributed by atoms with Crippen molar-refractivity contribution < 1.29 is 0 Å². The van der Waals surface area contributed by atoms with Crippen molar-refractivity contribution >= 4 is 61.0 Å². The molecule has 0 radical (unpaired) electrons. The number of aromatic nitrogens is 2. The Balaban J connectivity index is 2.23. The van der Waals surface area contributed by atoms with Crippen LogP contribution in [0.4, 0.5) is 0 Å². The van der Waals surface area contributed by atoms with Gasteiger partial charge in [-0.25, -0.2) is 0 Å². The Hall–Kier alpha value is -0.760. The summed E-state index contributed by atoms with van der Waals surface area (Å²) in [6, 6.07) is 3.99. The largest absolute Gasteiger partial charge is 0.323 e. The number of halogens is 1. The molecule has 3 nitrogen and oxygen atoms in total. The van der Waals surface area contributed by atoms with Gasteiger partial charge in [0.05, 0.1) is 15.7 Å². The average Bonchev–Trinajstić information content (AvgIpc) is 2.90. The third-order valence-electron chi connectivity index (χ3n) is 3.25. The topological polar surface area (TPSA) is 37.8 Å². The first-order valence-electron chi connectivity index (χ1n) is 5.94. The lowest BCUT2D eigenvalue weighted by Gasteiger charge is -2.05. The maximum absolute atomic E-state index is 12.7. The third-order valence-corrected chi connectivity index (χ3v) is 6.31. The molecule has 0 fully saturated rings. The second-order valence-corrected chi connectivity index (χ2v) is 8.67. The van der Waals surface area contributed by atoms with Crippen LogP contribution in [0.15, 0.2) is 20.7 Å². The monoisotopic (exact) mass is 386 g/mol. The molecule has 0 aliphatic rings. The summed E-state index contributed by atoms with van der Waals surface area (Å²) in [7, 11) is 0. The van der Waals surface area contributed by atoms with E-state index in [-0.39, 0.29) is 5.56 Å². The molecule has 7 heteroatoms. The standard InChI is InChI=1S/C13H11BrN2OS3/c1-6-7(2)19-11-10(6)12(17)16(13(18)15-11)5-8-3-4-9(14)20-8/h3-4H,5H2,1-2H3,(H,15,18). The summed E-state index contributed by atoms with van der Waals surface area (Å²) in [5.41, 5.74) is 1.04. The lowest BCUT2D eigenvalue weighted by Crippen LogP contribution is -2.22. The molecule has 0 saturated heterocycles. The Kier molecular flexibility index (Phi) is 3.70. The van der Waals surface area contributed by atoms with E-state index in [0.29, 0.717) is 11.3 Å². The van der Waals surface area contributed by atoms with Crippen LogP contribution in [0.5, 0.6) is 0 Å². The third kappa shape index (κ3) is 2.32. The van der Waals surface area contributed by atoms with Crippen molar-refractivity contribution in [1.29, 1.82) is 0 Å². The van der Waals surface area contributed by atoms with Gasteiger partial charge in [-0.2, -0.15) is 0 Å². The molecule has 0 aromatic carbocycles. The first-order chi connectivity index (χ1) is 9.47. The van der Waals surface area contributed by atoms with E-state index in [0.717, 1.165) is 29.3 Å². The van der Waals surface area contributed by atoms with Crippen LogP contribution in [0.25, 0.3) is 10.2 Å². The van der Waals surface area contributed by atoms with E-state index in [1.54, 1.807) is 27.2 Å². The van der Waals surface area contributed by atoms with Crippen molar-refractivity contribution in [2.24, 2.45) is 0 Å². The zero-order valence-electron chi connectivity index (χ0n) is 10.8. The quantitative estimate of drug-likeness (QED) is 0.652. The van der Waals surface area contributed by atoms with Crippen molar-refractivity contribution in [1.82, 2.24) is 9.55 Å². The molecule has 0 atom stereocenters. The first kappa shape index (κ1) is 14.2. The fourth-order valence-electron chi connectivity index (χ4n) is 2.10. The molecule has 0 unspecified atom stereocenters. The van der Waals surface area contributed by atoms with Crippen LogP contribution < -0.4 is 5.56 Å². The van der Waals surface area contributed by atoms with Gasteiger partial charge >= 0.3 is 0 Å². The van der Waals surface area contributed by atoms with Crippen LogP contribution in [-0.2, 0) is 6.54 Å². The van der Waals surface area contributed by atoms with E-state index in [4.69, 9.17) is 12.2 Å². The second-order valence-electron chi connectivity index (χ2n) is 4.51. The lowest BCUT2D eigenvalue weighted by atomic mass is 10.2. The van der Waals surface area contributed by atoms with E-state index in [2.05, 4.69) is 20.9 Å². The molecule has 0 amide bonds. The van der Waals surface area contributed by atoms with E-state index in [1.165, 1.54) is 0 Å². The zero-order chi connectivity index (χ0) is 14.4. The fourth-order valence-corrected chi connectivity index (χ4v) is 4.94. The first-order valence-corrected chi connectivity index (χ1v) is 8.78. The average molecular weight is 387 g/mol. The van der Waals surface area contributed by atoms with Gasteiger partial charge in [0.1, 0.15) is 4.83 Å². The molecular formula is C13H11BrN2OS3.